The summed E-state index contributed by atoms with van der Waals surface area (Å²) in [6.45, 7) is 4.19. The van der Waals surface area contributed by atoms with Crippen LogP contribution >= 0.6 is 11.8 Å². The lowest BCUT2D eigenvalue weighted by atomic mass is 10.0. The molecule has 3 rings (SSSR count). The number of aryl methyl sites for hydroxylation is 2. The number of anilines is 1. The van der Waals surface area contributed by atoms with Crippen LogP contribution in [0.4, 0.5) is 5.69 Å². The van der Waals surface area contributed by atoms with Crippen LogP contribution in [-0.2, 0) is 12.2 Å². The Morgan fingerprint density at radius 3 is 2.54 bits per heavy atom. The van der Waals surface area contributed by atoms with Gasteiger partial charge in [0.2, 0.25) is 5.16 Å². The summed E-state index contributed by atoms with van der Waals surface area (Å²) < 4.78 is 1.59. The second-order valence-corrected chi connectivity index (χ2v) is 6.85. The zero-order chi connectivity index (χ0) is 17.1. The number of nitrogen functional groups attached to an aromatic ring is 2. The van der Waals surface area contributed by atoms with Crippen LogP contribution in [0.2, 0.25) is 0 Å². The third-order valence-electron chi connectivity index (χ3n) is 3.94. The smallest absolute Gasteiger partial charge is 0.210 e. The summed E-state index contributed by atoms with van der Waals surface area (Å²) in [5.74, 6) is 7.72. The van der Waals surface area contributed by atoms with Gasteiger partial charge in [0.1, 0.15) is 0 Å². The summed E-state index contributed by atoms with van der Waals surface area (Å²) in [5, 5.41) is 9.19. The summed E-state index contributed by atoms with van der Waals surface area (Å²) in [6, 6.07) is 14.2. The Morgan fingerprint density at radius 1 is 1.04 bits per heavy atom. The predicted molar refractivity (Wildman–Crippen MR) is 99.3 cm³/mol. The molecule has 0 radical (unpaired) electrons. The molecule has 2 aromatic carbocycles. The van der Waals surface area contributed by atoms with Crippen LogP contribution in [0.25, 0.3) is 0 Å². The van der Waals surface area contributed by atoms with Gasteiger partial charge in [-0.15, -0.1) is 10.2 Å². The maximum atomic E-state index is 6.18. The van der Waals surface area contributed by atoms with Gasteiger partial charge in [0.15, 0.2) is 5.82 Å². The fraction of sp³-hybridized carbons (Fsp3) is 0.222. The van der Waals surface area contributed by atoms with Gasteiger partial charge >= 0.3 is 0 Å². The normalized spacial score (nSPS) is 10.9. The van der Waals surface area contributed by atoms with Gasteiger partial charge in [-0.25, -0.2) is 4.68 Å². The number of thioether (sulfide) groups is 1. The minimum atomic E-state index is 0.680. The van der Waals surface area contributed by atoms with Crippen LogP contribution in [0.5, 0.6) is 0 Å². The van der Waals surface area contributed by atoms with E-state index in [1.54, 1.807) is 16.4 Å². The van der Waals surface area contributed by atoms with Crippen LogP contribution in [0.1, 0.15) is 28.1 Å². The van der Waals surface area contributed by atoms with Crippen LogP contribution in [-0.4, -0.2) is 14.9 Å². The van der Waals surface area contributed by atoms with E-state index in [1.807, 2.05) is 24.3 Å². The molecule has 1 heterocycles. The van der Waals surface area contributed by atoms with Gasteiger partial charge in [-0.3, -0.25) is 0 Å². The summed E-state index contributed by atoms with van der Waals surface area (Å²) >= 11 is 1.57. The van der Waals surface area contributed by atoms with Crippen molar-refractivity contribution in [3.8, 4) is 0 Å². The standard InChI is InChI=1S/C18H21N5S/c1-12-3-4-13(2)15(9-12)10-17-21-22-18(23(17)20)24-11-14-5-7-16(19)8-6-14/h3-9H,10-11,19-20H2,1-2H3. The molecule has 0 saturated carbocycles. The Kier molecular flexibility index (Phi) is 4.76. The molecule has 0 saturated heterocycles. The monoisotopic (exact) mass is 339 g/mol. The van der Waals surface area contributed by atoms with E-state index in [2.05, 4.69) is 42.2 Å². The highest BCUT2D eigenvalue weighted by molar-refractivity contribution is 7.98. The molecule has 1 aromatic heterocycles. The largest absolute Gasteiger partial charge is 0.399 e. The highest BCUT2D eigenvalue weighted by Gasteiger charge is 2.12. The quantitative estimate of drug-likeness (QED) is 0.424. The highest BCUT2D eigenvalue weighted by Crippen LogP contribution is 2.22. The molecule has 124 valence electrons. The Balaban J connectivity index is 1.71. The first-order chi connectivity index (χ1) is 11.5. The number of hydrogen-bond donors (Lipinski definition) is 2. The van der Waals surface area contributed by atoms with Crippen molar-refractivity contribution in [3.05, 3.63) is 70.5 Å². The van der Waals surface area contributed by atoms with Crippen molar-refractivity contribution in [2.75, 3.05) is 11.6 Å². The molecule has 0 aliphatic rings. The van der Waals surface area contributed by atoms with Gasteiger partial charge in [-0.05, 0) is 42.7 Å². The van der Waals surface area contributed by atoms with Crippen molar-refractivity contribution in [2.45, 2.75) is 31.2 Å². The highest BCUT2D eigenvalue weighted by atomic mass is 32.2. The first-order valence-electron chi connectivity index (χ1n) is 7.75. The minimum Gasteiger partial charge on any atom is -0.399 e. The van der Waals surface area contributed by atoms with Gasteiger partial charge in [0.05, 0.1) is 0 Å². The lowest BCUT2D eigenvalue weighted by Crippen LogP contribution is -2.14. The maximum absolute atomic E-state index is 6.18. The second-order valence-electron chi connectivity index (χ2n) is 5.91. The Morgan fingerprint density at radius 2 is 1.79 bits per heavy atom. The lowest BCUT2D eigenvalue weighted by Gasteiger charge is -2.07. The molecule has 0 spiro atoms. The van der Waals surface area contributed by atoms with Crippen molar-refractivity contribution >= 4 is 17.4 Å². The Hall–Kier alpha value is -2.47. The Labute approximate surface area is 146 Å². The van der Waals surface area contributed by atoms with Gasteiger partial charge in [-0.1, -0.05) is 47.7 Å². The average molecular weight is 339 g/mol. The van der Waals surface area contributed by atoms with Crippen LogP contribution < -0.4 is 11.6 Å². The SMILES string of the molecule is Cc1ccc(C)c(Cc2nnc(SCc3ccc(N)cc3)n2N)c1. The van der Waals surface area contributed by atoms with E-state index >= 15 is 0 Å². The van der Waals surface area contributed by atoms with E-state index < -0.39 is 0 Å². The molecular formula is C18H21N5S. The van der Waals surface area contributed by atoms with Gasteiger partial charge < -0.3 is 11.6 Å². The number of benzene rings is 2. The van der Waals surface area contributed by atoms with E-state index in [0.29, 0.717) is 11.6 Å². The number of rotatable bonds is 5. The van der Waals surface area contributed by atoms with E-state index in [1.165, 1.54) is 22.3 Å². The molecule has 0 bridgehead atoms. The second kappa shape index (κ2) is 6.97. The van der Waals surface area contributed by atoms with Crippen molar-refractivity contribution in [3.63, 3.8) is 0 Å². The summed E-state index contributed by atoms with van der Waals surface area (Å²) in [7, 11) is 0. The summed E-state index contributed by atoms with van der Waals surface area (Å²) in [4.78, 5) is 0. The van der Waals surface area contributed by atoms with Crippen molar-refractivity contribution in [2.24, 2.45) is 0 Å². The van der Waals surface area contributed by atoms with Crippen molar-refractivity contribution in [1.29, 1.82) is 0 Å². The van der Waals surface area contributed by atoms with Gasteiger partial charge in [0, 0.05) is 17.9 Å². The topological polar surface area (TPSA) is 82.8 Å². The summed E-state index contributed by atoms with van der Waals surface area (Å²) in [5.41, 5.74) is 11.3. The zero-order valence-corrected chi connectivity index (χ0v) is 14.7. The molecule has 0 aliphatic heterocycles. The molecule has 4 N–H and O–H groups in total. The van der Waals surface area contributed by atoms with Crippen molar-refractivity contribution < 1.29 is 0 Å². The summed E-state index contributed by atoms with van der Waals surface area (Å²) in [6.07, 6.45) is 0.680. The van der Waals surface area contributed by atoms with Crippen LogP contribution in [0, 0.1) is 13.8 Å². The van der Waals surface area contributed by atoms with Crippen LogP contribution in [0.15, 0.2) is 47.6 Å². The molecule has 24 heavy (non-hydrogen) atoms. The number of hydrogen-bond acceptors (Lipinski definition) is 5. The third-order valence-corrected chi connectivity index (χ3v) is 4.95. The van der Waals surface area contributed by atoms with E-state index in [-0.39, 0.29) is 0 Å². The number of nitrogens with zero attached hydrogens (tertiary/aromatic N) is 3. The molecule has 0 fully saturated rings. The fourth-order valence-corrected chi connectivity index (χ4v) is 3.28. The molecule has 0 unspecified atom stereocenters. The maximum Gasteiger partial charge on any atom is 0.210 e. The van der Waals surface area contributed by atoms with Gasteiger partial charge in [-0.2, -0.15) is 0 Å². The molecule has 6 heteroatoms. The number of aromatic nitrogens is 3. The van der Waals surface area contributed by atoms with E-state index in [4.69, 9.17) is 11.6 Å². The zero-order valence-electron chi connectivity index (χ0n) is 13.9. The van der Waals surface area contributed by atoms with E-state index in [0.717, 1.165) is 17.3 Å². The number of nitrogens with two attached hydrogens (primary N) is 2. The average Bonchev–Trinajstić information content (AvgIpc) is 2.91. The molecular weight excluding hydrogens is 318 g/mol. The van der Waals surface area contributed by atoms with E-state index in [9.17, 15) is 0 Å². The molecule has 0 atom stereocenters. The first kappa shape index (κ1) is 16.4. The third kappa shape index (κ3) is 3.71. The molecule has 0 aliphatic carbocycles. The van der Waals surface area contributed by atoms with Crippen LogP contribution in [0.3, 0.4) is 0 Å². The molecule has 0 amide bonds. The first-order valence-corrected chi connectivity index (χ1v) is 8.74. The lowest BCUT2D eigenvalue weighted by molar-refractivity contribution is 0.804. The van der Waals surface area contributed by atoms with Crippen molar-refractivity contribution in [1.82, 2.24) is 14.9 Å². The van der Waals surface area contributed by atoms with Gasteiger partial charge in [0.25, 0.3) is 0 Å². The minimum absolute atomic E-state index is 0.680. The Bertz CT molecular complexity index is 839. The molecule has 5 nitrogen and oxygen atoms in total. The molecule has 3 aromatic rings. The predicted octanol–water partition coefficient (Wildman–Crippen LogP) is 3.07. The fourth-order valence-electron chi connectivity index (χ4n) is 2.45.